The van der Waals surface area contributed by atoms with Crippen LogP contribution >= 0.6 is 0 Å². The summed E-state index contributed by atoms with van der Waals surface area (Å²) in [5.41, 5.74) is 0.568. The lowest BCUT2D eigenvalue weighted by atomic mass is 10.0. The van der Waals surface area contributed by atoms with Crippen molar-refractivity contribution in [2.75, 3.05) is 6.61 Å². The second-order valence-corrected chi connectivity index (χ2v) is 5.53. The first kappa shape index (κ1) is 14.1. The number of rotatable bonds is 4. The Hall–Kier alpha value is -1.89. The molecular weight excluding hydrogens is 272 g/mol. The number of hydrogen-bond donors (Lipinski definition) is 0. The van der Waals surface area contributed by atoms with Gasteiger partial charge in [-0.15, -0.1) is 0 Å². The van der Waals surface area contributed by atoms with Crippen LogP contribution in [0.25, 0.3) is 0 Å². The summed E-state index contributed by atoms with van der Waals surface area (Å²) in [5, 5.41) is 8.39. The zero-order chi connectivity index (χ0) is 15.0. The molecule has 2 atom stereocenters. The van der Waals surface area contributed by atoms with Gasteiger partial charge < -0.3 is 9.26 Å². The lowest BCUT2D eigenvalue weighted by molar-refractivity contribution is 0.0836. The van der Waals surface area contributed by atoms with Gasteiger partial charge in [0.25, 0.3) is 0 Å². The van der Waals surface area contributed by atoms with Crippen molar-refractivity contribution in [2.45, 2.75) is 46.4 Å². The summed E-state index contributed by atoms with van der Waals surface area (Å²) in [6.07, 6.45) is 0.899. The quantitative estimate of drug-likeness (QED) is 0.853. The third kappa shape index (κ3) is 2.53. The van der Waals surface area contributed by atoms with Crippen LogP contribution in [0.3, 0.4) is 0 Å². The van der Waals surface area contributed by atoms with Crippen LogP contribution in [0.1, 0.15) is 43.7 Å². The molecule has 0 amide bonds. The Balaban J connectivity index is 1.95. The Morgan fingerprint density at radius 3 is 2.86 bits per heavy atom. The third-order valence-corrected chi connectivity index (χ3v) is 3.90. The number of nitrogens with zero attached hydrogens (tertiary/aromatic N) is 4. The minimum atomic E-state index is -0.129. The van der Waals surface area contributed by atoms with Crippen LogP contribution in [-0.4, -0.2) is 26.1 Å². The molecule has 0 N–H and O–H groups in total. The van der Waals surface area contributed by atoms with Gasteiger partial charge in [-0.25, -0.2) is 9.48 Å². The van der Waals surface area contributed by atoms with Crippen LogP contribution in [0.2, 0.25) is 0 Å². The monoisotopic (exact) mass is 292 g/mol. The fourth-order valence-corrected chi connectivity index (χ4v) is 2.74. The molecule has 0 saturated carbocycles. The predicted octanol–water partition coefficient (Wildman–Crippen LogP) is 1.51. The zero-order valence-electron chi connectivity index (χ0n) is 12.6. The van der Waals surface area contributed by atoms with Crippen LogP contribution in [0, 0.1) is 12.8 Å². The van der Waals surface area contributed by atoms with E-state index >= 15 is 0 Å². The van der Waals surface area contributed by atoms with E-state index in [1.807, 2.05) is 19.9 Å². The summed E-state index contributed by atoms with van der Waals surface area (Å²) in [5.74, 6) is 1.81. The number of aromatic nitrogens is 4. The second kappa shape index (κ2) is 5.48. The van der Waals surface area contributed by atoms with Gasteiger partial charge in [0, 0.05) is 19.2 Å². The van der Waals surface area contributed by atoms with Crippen LogP contribution in [0.4, 0.5) is 0 Å². The largest absolute Gasteiger partial charge is 0.370 e. The second-order valence-electron chi connectivity index (χ2n) is 5.53. The van der Waals surface area contributed by atoms with Crippen molar-refractivity contribution < 1.29 is 9.26 Å². The van der Waals surface area contributed by atoms with Gasteiger partial charge in [-0.3, -0.25) is 4.57 Å². The van der Waals surface area contributed by atoms with E-state index in [9.17, 15) is 4.79 Å². The minimum Gasteiger partial charge on any atom is -0.370 e. The highest BCUT2D eigenvalue weighted by Gasteiger charge is 2.31. The van der Waals surface area contributed by atoms with E-state index in [-0.39, 0.29) is 11.8 Å². The standard InChI is InChI=1S/C14H20N4O3/c1-4-17-13(12-9(2)5-6-20-12)15-18(14(17)19)8-11-7-10(3)21-16-11/h7,9,12H,4-6,8H2,1-3H3/t9-,12+/m1/s1. The summed E-state index contributed by atoms with van der Waals surface area (Å²) < 4.78 is 13.9. The van der Waals surface area contributed by atoms with Crippen LogP contribution in [0.15, 0.2) is 15.4 Å². The number of aryl methyl sites for hydroxylation is 1. The average molecular weight is 292 g/mol. The molecule has 114 valence electrons. The van der Waals surface area contributed by atoms with Gasteiger partial charge >= 0.3 is 5.69 Å². The Bertz CT molecular complexity index is 685. The summed E-state index contributed by atoms with van der Waals surface area (Å²) in [4.78, 5) is 12.4. The molecule has 0 spiro atoms. The highest BCUT2D eigenvalue weighted by atomic mass is 16.5. The van der Waals surface area contributed by atoms with Gasteiger partial charge in [0.05, 0.1) is 6.54 Å². The van der Waals surface area contributed by atoms with Gasteiger partial charge in [0.1, 0.15) is 17.6 Å². The van der Waals surface area contributed by atoms with Gasteiger partial charge in [0.15, 0.2) is 5.82 Å². The van der Waals surface area contributed by atoms with Gasteiger partial charge in [0.2, 0.25) is 0 Å². The van der Waals surface area contributed by atoms with Crippen molar-refractivity contribution in [3.63, 3.8) is 0 Å². The zero-order valence-corrected chi connectivity index (χ0v) is 12.6. The smallest absolute Gasteiger partial charge is 0.346 e. The number of hydrogen-bond acceptors (Lipinski definition) is 5. The Morgan fingerprint density at radius 2 is 2.29 bits per heavy atom. The van der Waals surface area contributed by atoms with Crippen LogP contribution in [-0.2, 0) is 17.8 Å². The molecule has 1 aliphatic rings. The molecule has 21 heavy (non-hydrogen) atoms. The first-order chi connectivity index (χ1) is 10.1. The fourth-order valence-electron chi connectivity index (χ4n) is 2.74. The molecule has 2 aromatic heterocycles. The molecule has 7 heteroatoms. The summed E-state index contributed by atoms with van der Waals surface area (Å²) in [6, 6.07) is 1.81. The molecule has 1 saturated heterocycles. The Morgan fingerprint density at radius 1 is 1.48 bits per heavy atom. The SMILES string of the molecule is CCn1c([C@H]2OCC[C@H]2C)nn(Cc2cc(C)on2)c1=O. The normalized spacial score (nSPS) is 22.0. The maximum Gasteiger partial charge on any atom is 0.346 e. The average Bonchev–Trinajstić information content (AvgIpc) is 3.12. The van der Waals surface area contributed by atoms with E-state index in [0.29, 0.717) is 30.5 Å². The van der Waals surface area contributed by atoms with Crippen LogP contribution in [0.5, 0.6) is 0 Å². The maximum atomic E-state index is 12.4. The van der Waals surface area contributed by atoms with E-state index in [1.165, 1.54) is 4.68 Å². The molecule has 2 aromatic rings. The van der Waals surface area contributed by atoms with Crippen LogP contribution < -0.4 is 5.69 Å². The molecule has 3 rings (SSSR count). The van der Waals surface area contributed by atoms with E-state index in [4.69, 9.17) is 9.26 Å². The molecular formula is C14H20N4O3. The molecule has 0 aromatic carbocycles. The maximum absolute atomic E-state index is 12.4. The molecule has 1 fully saturated rings. The van der Waals surface area contributed by atoms with Crippen molar-refractivity contribution in [3.05, 3.63) is 33.8 Å². The molecule has 3 heterocycles. The summed E-state index contributed by atoms with van der Waals surface area (Å²) >= 11 is 0. The van der Waals surface area contributed by atoms with Gasteiger partial charge in [-0.05, 0) is 26.2 Å². The van der Waals surface area contributed by atoms with E-state index in [1.54, 1.807) is 4.57 Å². The third-order valence-electron chi connectivity index (χ3n) is 3.90. The number of ether oxygens (including phenoxy) is 1. The van der Waals surface area contributed by atoms with Crippen molar-refractivity contribution in [3.8, 4) is 0 Å². The summed E-state index contributed by atoms with van der Waals surface area (Å²) in [6.45, 7) is 7.51. The Kier molecular flexibility index (Phi) is 3.67. The highest BCUT2D eigenvalue weighted by Crippen LogP contribution is 2.32. The molecule has 1 aliphatic heterocycles. The lowest BCUT2D eigenvalue weighted by Gasteiger charge is -2.13. The minimum absolute atomic E-state index is 0.0991. The van der Waals surface area contributed by atoms with E-state index in [0.717, 1.165) is 18.8 Å². The summed E-state index contributed by atoms with van der Waals surface area (Å²) in [7, 11) is 0. The van der Waals surface area contributed by atoms with Crippen molar-refractivity contribution in [2.24, 2.45) is 5.92 Å². The molecule has 0 bridgehead atoms. The molecule has 0 unspecified atom stereocenters. The topological polar surface area (TPSA) is 75.1 Å². The molecule has 7 nitrogen and oxygen atoms in total. The fraction of sp³-hybridized carbons (Fsp3) is 0.643. The van der Waals surface area contributed by atoms with Crippen molar-refractivity contribution >= 4 is 0 Å². The Labute approximate surface area is 122 Å². The van der Waals surface area contributed by atoms with Gasteiger partial charge in [-0.2, -0.15) is 5.10 Å². The van der Waals surface area contributed by atoms with E-state index in [2.05, 4.69) is 17.2 Å². The molecule has 0 radical (unpaired) electrons. The van der Waals surface area contributed by atoms with Gasteiger partial charge in [-0.1, -0.05) is 12.1 Å². The van der Waals surface area contributed by atoms with Crippen molar-refractivity contribution in [1.29, 1.82) is 0 Å². The van der Waals surface area contributed by atoms with Crippen molar-refractivity contribution in [1.82, 2.24) is 19.5 Å². The predicted molar refractivity (Wildman–Crippen MR) is 75.0 cm³/mol. The first-order valence-corrected chi connectivity index (χ1v) is 7.31. The molecule has 0 aliphatic carbocycles. The highest BCUT2D eigenvalue weighted by molar-refractivity contribution is 5.05. The first-order valence-electron chi connectivity index (χ1n) is 7.31. The van der Waals surface area contributed by atoms with E-state index < -0.39 is 0 Å². The lowest BCUT2D eigenvalue weighted by Crippen LogP contribution is -2.26.